The fraction of sp³-hybridized carbons (Fsp3) is 0.0952. The standard InChI is InChI=1S/C21H15FN6O2/c1-26-20(29)17-8-12(6-7-27-17)11-30-21-16(10-24)18(15(9-23)19(25)28-21)13-2-4-14(22)5-3-13/h2-8H,11H2,1H3,(H2,25,28)(H,26,29). The average Bonchev–Trinajstić information content (AvgIpc) is 2.77. The summed E-state index contributed by atoms with van der Waals surface area (Å²) in [5.74, 6) is -1.01. The maximum atomic E-state index is 13.3. The largest absolute Gasteiger partial charge is 0.472 e. The van der Waals surface area contributed by atoms with Gasteiger partial charge in [-0.3, -0.25) is 9.78 Å². The van der Waals surface area contributed by atoms with Crippen LogP contribution in [0.2, 0.25) is 0 Å². The van der Waals surface area contributed by atoms with E-state index in [0.29, 0.717) is 11.1 Å². The lowest BCUT2D eigenvalue weighted by Crippen LogP contribution is -2.19. The zero-order chi connectivity index (χ0) is 21.7. The van der Waals surface area contributed by atoms with Gasteiger partial charge in [-0.25, -0.2) is 4.39 Å². The highest BCUT2D eigenvalue weighted by Crippen LogP contribution is 2.35. The van der Waals surface area contributed by atoms with Crippen LogP contribution in [-0.4, -0.2) is 22.9 Å². The van der Waals surface area contributed by atoms with Crippen LogP contribution in [0, 0.1) is 28.5 Å². The van der Waals surface area contributed by atoms with Gasteiger partial charge >= 0.3 is 0 Å². The number of nitrogens with two attached hydrogens (primary N) is 1. The molecule has 0 saturated carbocycles. The molecular formula is C21H15FN6O2. The maximum absolute atomic E-state index is 13.3. The molecule has 0 unspecified atom stereocenters. The molecule has 9 heteroatoms. The van der Waals surface area contributed by atoms with Crippen LogP contribution in [0.3, 0.4) is 0 Å². The molecule has 8 nitrogen and oxygen atoms in total. The molecular weight excluding hydrogens is 387 g/mol. The van der Waals surface area contributed by atoms with E-state index in [1.165, 1.54) is 37.5 Å². The number of nitrogens with one attached hydrogen (secondary N) is 1. The zero-order valence-corrected chi connectivity index (χ0v) is 15.8. The van der Waals surface area contributed by atoms with Crippen molar-refractivity contribution in [1.82, 2.24) is 15.3 Å². The van der Waals surface area contributed by atoms with Crippen LogP contribution in [0.1, 0.15) is 27.2 Å². The Morgan fingerprint density at radius 3 is 2.53 bits per heavy atom. The summed E-state index contributed by atoms with van der Waals surface area (Å²) in [6, 6.07) is 12.4. The molecule has 2 aromatic heterocycles. The smallest absolute Gasteiger partial charge is 0.269 e. The predicted molar refractivity (Wildman–Crippen MR) is 105 cm³/mol. The summed E-state index contributed by atoms with van der Waals surface area (Å²) >= 11 is 0. The number of nitrogen functional groups attached to an aromatic ring is 1. The van der Waals surface area contributed by atoms with E-state index < -0.39 is 5.82 Å². The van der Waals surface area contributed by atoms with Gasteiger partial charge in [0.05, 0.1) is 0 Å². The monoisotopic (exact) mass is 402 g/mol. The molecule has 30 heavy (non-hydrogen) atoms. The Bertz CT molecular complexity index is 1200. The number of nitrogens with zero attached hydrogens (tertiary/aromatic N) is 4. The highest BCUT2D eigenvalue weighted by atomic mass is 19.1. The third kappa shape index (κ3) is 4.01. The first-order chi connectivity index (χ1) is 14.5. The Balaban J connectivity index is 2.02. The molecule has 0 aliphatic carbocycles. The number of pyridine rings is 2. The minimum atomic E-state index is -0.459. The summed E-state index contributed by atoms with van der Waals surface area (Å²) in [6.45, 7) is -0.0254. The second-order valence-corrected chi connectivity index (χ2v) is 6.07. The van der Waals surface area contributed by atoms with E-state index in [0.717, 1.165) is 0 Å². The highest BCUT2D eigenvalue weighted by Gasteiger charge is 2.21. The first-order valence-electron chi connectivity index (χ1n) is 8.68. The van der Waals surface area contributed by atoms with E-state index in [-0.39, 0.29) is 46.6 Å². The first kappa shape index (κ1) is 20.2. The lowest BCUT2D eigenvalue weighted by atomic mass is 9.96. The Hall–Kier alpha value is -4.50. The van der Waals surface area contributed by atoms with Crippen LogP contribution in [0.15, 0.2) is 42.6 Å². The van der Waals surface area contributed by atoms with E-state index >= 15 is 0 Å². The van der Waals surface area contributed by atoms with Crippen molar-refractivity contribution >= 4 is 11.7 Å². The van der Waals surface area contributed by atoms with Crippen molar-refractivity contribution in [2.75, 3.05) is 12.8 Å². The normalized spacial score (nSPS) is 10.0. The Labute approximate surface area is 171 Å². The zero-order valence-electron chi connectivity index (χ0n) is 15.8. The summed E-state index contributed by atoms with van der Waals surface area (Å²) in [5.41, 5.74) is 7.36. The quantitative estimate of drug-likeness (QED) is 0.669. The Kier molecular flexibility index (Phi) is 5.85. The van der Waals surface area contributed by atoms with Gasteiger partial charge in [-0.2, -0.15) is 15.5 Å². The Morgan fingerprint density at radius 1 is 1.20 bits per heavy atom. The predicted octanol–water partition coefficient (Wildman–Crippen LogP) is 2.55. The molecule has 3 N–H and O–H groups in total. The van der Waals surface area contributed by atoms with Gasteiger partial charge in [-0.15, -0.1) is 0 Å². The van der Waals surface area contributed by atoms with Crippen molar-refractivity contribution in [2.45, 2.75) is 6.61 Å². The number of nitriles is 2. The number of halogens is 1. The number of rotatable bonds is 5. The second kappa shape index (κ2) is 8.67. The molecule has 1 amide bonds. The van der Waals surface area contributed by atoms with Gasteiger partial charge in [-0.1, -0.05) is 12.1 Å². The van der Waals surface area contributed by atoms with Crippen molar-refractivity contribution in [1.29, 1.82) is 10.5 Å². The molecule has 1 aromatic carbocycles. The third-order valence-electron chi connectivity index (χ3n) is 4.21. The molecule has 148 valence electrons. The van der Waals surface area contributed by atoms with Crippen LogP contribution in [-0.2, 0) is 6.61 Å². The molecule has 3 rings (SSSR count). The van der Waals surface area contributed by atoms with Crippen LogP contribution >= 0.6 is 0 Å². The van der Waals surface area contributed by atoms with Gasteiger partial charge in [0.15, 0.2) is 0 Å². The van der Waals surface area contributed by atoms with Gasteiger partial charge in [0, 0.05) is 18.8 Å². The minimum absolute atomic E-state index is 0.00341. The maximum Gasteiger partial charge on any atom is 0.269 e. The molecule has 0 aliphatic rings. The summed E-state index contributed by atoms with van der Waals surface area (Å²) in [6.07, 6.45) is 1.46. The fourth-order valence-electron chi connectivity index (χ4n) is 2.78. The van der Waals surface area contributed by atoms with E-state index in [9.17, 15) is 19.7 Å². The van der Waals surface area contributed by atoms with Crippen LogP contribution in [0.4, 0.5) is 10.2 Å². The molecule has 0 fully saturated rings. The van der Waals surface area contributed by atoms with E-state index in [4.69, 9.17) is 10.5 Å². The second-order valence-electron chi connectivity index (χ2n) is 6.07. The molecule has 0 radical (unpaired) electrons. The number of carbonyl (C=O) groups excluding carboxylic acids is 1. The van der Waals surface area contributed by atoms with E-state index in [2.05, 4.69) is 15.3 Å². The number of aromatic nitrogens is 2. The van der Waals surface area contributed by atoms with Crippen molar-refractivity contribution < 1.29 is 13.9 Å². The molecule has 2 heterocycles. The van der Waals surface area contributed by atoms with Gasteiger partial charge in [0.1, 0.15) is 47.2 Å². The topological polar surface area (TPSA) is 138 Å². The van der Waals surface area contributed by atoms with Crippen molar-refractivity contribution in [2.24, 2.45) is 0 Å². The van der Waals surface area contributed by atoms with E-state index in [1.54, 1.807) is 12.1 Å². The summed E-state index contributed by atoms with van der Waals surface area (Å²) < 4.78 is 19.0. The lowest BCUT2D eigenvalue weighted by Gasteiger charge is -2.14. The summed E-state index contributed by atoms with van der Waals surface area (Å²) in [7, 11) is 1.49. The van der Waals surface area contributed by atoms with E-state index in [1.807, 2.05) is 12.1 Å². The van der Waals surface area contributed by atoms with Crippen LogP contribution in [0.25, 0.3) is 11.1 Å². The van der Waals surface area contributed by atoms with Gasteiger partial charge < -0.3 is 15.8 Å². The number of amides is 1. The number of hydrogen-bond donors (Lipinski definition) is 2. The minimum Gasteiger partial charge on any atom is -0.472 e. The van der Waals surface area contributed by atoms with Crippen LogP contribution < -0.4 is 15.8 Å². The van der Waals surface area contributed by atoms with Crippen molar-refractivity contribution in [3.8, 4) is 29.1 Å². The first-order valence-corrected chi connectivity index (χ1v) is 8.68. The molecule has 0 spiro atoms. The summed E-state index contributed by atoms with van der Waals surface area (Å²) in [5, 5.41) is 21.7. The molecule has 3 aromatic rings. The highest BCUT2D eigenvalue weighted by molar-refractivity contribution is 5.92. The molecule has 0 atom stereocenters. The van der Waals surface area contributed by atoms with Crippen LogP contribution in [0.5, 0.6) is 5.88 Å². The van der Waals surface area contributed by atoms with Gasteiger partial charge in [0.2, 0.25) is 5.88 Å². The van der Waals surface area contributed by atoms with Gasteiger partial charge in [0.25, 0.3) is 5.91 Å². The fourth-order valence-corrected chi connectivity index (χ4v) is 2.78. The molecule has 0 saturated heterocycles. The lowest BCUT2D eigenvalue weighted by molar-refractivity contribution is 0.0958. The Morgan fingerprint density at radius 2 is 1.90 bits per heavy atom. The molecule has 0 aliphatic heterocycles. The van der Waals surface area contributed by atoms with Crippen molar-refractivity contribution in [3.63, 3.8) is 0 Å². The third-order valence-corrected chi connectivity index (χ3v) is 4.21. The van der Waals surface area contributed by atoms with Crippen molar-refractivity contribution in [3.05, 3.63) is 70.8 Å². The SMILES string of the molecule is CNC(=O)c1cc(COc2nc(N)c(C#N)c(-c3ccc(F)cc3)c2C#N)ccn1. The number of benzene rings is 1. The number of anilines is 1. The average molecular weight is 402 g/mol. The number of carbonyl (C=O) groups is 1. The number of hydrogen-bond acceptors (Lipinski definition) is 7. The summed E-state index contributed by atoms with van der Waals surface area (Å²) in [4.78, 5) is 19.8. The molecule has 0 bridgehead atoms. The van der Waals surface area contributed by atoms with Gasteiger partial charge in [-0.05, 0) is 35.4 Å². The number of ether oxygens (including phenoxy) is 1.